The van der Waals surface area contributed by atoms with Gasteiger partial charge < -0.3 is 53.6 Å². The number of amides is 7. The van der Waals surface area contributed by atoms with Gasteiger partial charge in [0, 0.05) is 12.6 Å². The Bertz CT molecular complexity index is 1450. The lowest BCUT2D eigenvalue weighted by molar-refractivity contribution is -0.134. The van der Waals surface area contributed by atoms with Gasteiger partial charge in [0.05, 0.1) is 12.7 Å². The lowest BCUT2D eigenvalue weighted by Crippen LogP contribution is -2.58. The summed E-state index contributed by atoms with van der Waals surface area (Å²) in [5.74, 6) is -5.51. The summed E-state index contributed by atoms with van der Waals surface area (Å²) >= 11 is 0. The number of hydrogen-bond acceptors (Lipinski definition) is 10. The van der Waals surface area contributed by atoms with E-state index in [0.717, 1.165) is 0 Å². The highest BCUT2D eigenvalue weighted by Crippen LogP contribution is 2.13. The van der Waals surface area contributed by atoms with Crippen LogP contribution in [0.1, 0.15) is 104 Å². The maximum atomic E-state index is 13.6. The molecule has 7 amide bonds. The molecule has 310 valence electrons. The molecular formula is C36H63N11O8. The summed E-state index contributed by atoms with van der Waals surface area (Å²) < 4.78 is 4.90. The molecule has 0 aliphatic heterocycles. The summed E-state index contributed by atoms with van der Waals surface area (Å²) in [7, 11) is 0. The van der Waals surface area contributed by atoms with E-state index in [9.17, 15) is 33.6 Å². The minimum absolute atomic E-state index is 0.00168. The van der Waals surface area contributed by atoms with Gasteiger partial charge in [-0.25, -0.2) is 0 Å². The van der Waals surface area contributed by atoms with Crippen molar-refractivity contribution in [1.29, 1.82) is 0 Å². The van der Waals surface area contributed by atoms with Gasteiger partial charge in [0.25, 0.3) is 5.91 Å². The van der Waals surface area contributed by atoms with E-state index in [2.05, 4.69) is 42.0 Å². The first-order chi connectivity index (χ1) is 25.8. The normalized spacial score (nSPS) is 14.9. The molecule has 1 heterocycles. The third kappa shape index (κ3) is 17.6. The molecule has 1 aromatic rings. The van der Waals surface area contributed by atoms with Crippen molar-refractivity contribution < 1.29 is 38.1 Å². The van der Waals surface area contributed by atoms with E-state index in [1.807, 2.05) is 41.5 Å². The maximum Gasteiger partial charge on any atom is 0.290 e. The number of nitrogens with one attached hydrogen (secondary N) is 6. The number of aliphatic imine (C=N–C) groups is 1. The fraction of sp³-hybridized carbons (Fsp3) is 0.694. The van der Waals surface area contributed by atoms with Crippen LogP contribution in [0.5, 0.6) is 0 Å². The predicted octanol–water partition coefficient (Wildman–Crippen LogP) is -0.448. The first-order valence-electron chi connectivity index (χ1n) is 18.8. The standard InChI is InChI=1S/C36H63N11O8/c1-9-21(7)28(30(37)49)46-32(51)24(16-19(3)4)44-31(50)23(12-11-14-40-36(38)39)43-27(48)18-41-35(54)29(22(8)10-2)47-33(52)25(17-20(5)6)45-34(53)26-13-15-42-55-26/h13,15,19-25,28-29H,9-12,14,16-18H2,1-8H3,(H2,37,49)(H,41,54)(H,43,48)(H,44,50)(H,45,53)(H,46,51)(H,47,52)(H4,38,39,40)/t21-,22-,23-,24-,25-,28-,29-/m0/s1. The van der Waals surface area contributed by atoms with Crippen LogP contribution in [-0.2, 0) is 28.8 Å². The first-order valence-corrected chi connectivity index (χ1v) is 18.8. The number of carbonyl (C=O) groups is 7. The lowest BCUT2D eigenvalue weighted by atomic mass is 9.96. The van der Waals surface area contributed by atoms with Gasteiger partial charge >= 0.3 is 0 Å². The molecule has 7 atom stereocenters. The number of aromatic nitrogens is 1. The van der Waals surface area contributed by atoms with Gasteiger partial charge in [0.1, 0.15) is 30.2 Å². The topological polar surface area (TPSA) is 308 Å². The second kappa shape index (κ2) is 24.2. The lowest BCUT2D eigenvalue weighted by Gasteiger charge is -2.28. The molecule has 1 rings (SSSR count). The molecule has 0 unspecified atom stereocenters. The van der Waals surface area contributed by atoms with E-state index in [1.165, 1.54) is 12.3 Å². The first kappa shape index (κ1) is 47.8. The third-order valence-electron chi connectivity index (χ3n) is 8.96. The molecule has 0 radical (unpaired) electrons. The van der Waals surface area contributed by atoms with Crippen LogP contribution in [0.15, 0.2) is 21.8 Å². The molecule has 1 aromatic heterocycles. The summed E-state index contributed by atoms with van der Waals surface area (Å²) in [4.78, 5) is 95.8. The summed E-state index contributed by atoms with van der Waals surface area (Å²) in [5.41, 5.74) is 16.4. The van der Waals surface area contributed by atoms with Crippen molar-refractivity contribution in [2.45, 2.75) is 124 Å². The van der Waals surface area contributed by atoms with Crippen molar-refractivity contribution in [3.63, 3.8) is 0 Å². The minimum atomic E-state index is -1.17. The van der Waals surface area contributed by atoms with Crippen molar-refractivity contribution in [2.24, 2.45) is 45.9 Å². The molecule has 0 aliphatic carbocycles. The van der Waals surface area contributed by atoms with E-state index in [4.69, 9.17) is 21.7 Å². The van der Waals surface area contributed by atoms with Crippen LogP contribution in [-0.4, -0.2) is 95.8 Å². The van der Waals surface area contributed by atoms with Gasteiger partial charge in [-0.15, -0.1) is 0 Å². The summed E-state index contributed by atoms with van der Waals surface area (Å²) in [6.45, 7) is 14.3. The van der Waals surface area contributed by atoms with E-state index in [0.29, 0.717) is 12.8 Å². The van der Waals surface area contributed by atoms with Crippen LogP contribution in [0.4, 0.5) is 0 Å². The van der Waals surface area contributed by atoms with Gasteiger partial charge in [-0.05, 0) is 49.4 Å². The second-order valence-electron chi connectivity index (χ2n) is 14.7. The van der Waals surface area contributed by atoms with Crippen molar-refractivity contribution in [2.75, 3.05) is 13.1 Å². The molecule has 0 aliphatic rings. The molecule has 0 bridgehead atoms. The highest BCUT2D eigenvalue weighted by molar-refractivity contribution is 5.98. The van der Waals surface area contributed by atoms with Crippen LogP contribution < -0.4 is 49.1 Å². The summed E-state index contributed by atoms with van der Waals surface area (Å²) in [6, 6.07) is -3.90. The number of primary amides is 1. The monoisotopic (exact) mass is 777 g/mol. The largest absolute Gasteiger partial charge is 0.370 e. The number of guanidine groups is 1. The van der Waals surface area contributed by atoms with Crippen molar-refractivity contribution in [3.05, 3.63) is 18.0 Å². The Morgan fingerprint density at radius 1 is 0.709 bits per heavy atom. The average molecular weight is 778 g/mol. The van der Waals surface area contributed by atoms with Gasteiger partial charge in [-0.1, -0.05) is 73.4 Å². The Balaban J connectivity index is 3.14. The van der Waals surface area contributed by atoms with E-state index < -0.39 is 78.1 Å². The Hall–Kier alpha value is -5.23. The zero-order valence-corrected chi connectivity index (χ0v) is 33.4. The molecule has 19 heteroatoms. The van der Waals surface area contributed by atoms with E-state index in [1.54, 1.807) is 13.8 Å². The van der Waals surface area contributed by atoms with Crippen LogP contribution in [0, 0.1) is 23.7 Å². The molecule has 0 saturated carbocycles. The van der Waals surface area contributed by atoms with Crippen molar-refractivity contribution >= 4 is 47.3 Å². The fourth-order valence-electron chi connectivity index (χ4n) is 5.47. The maximum absolute atomic E-state index is 13.6. The molecular weight excluding hydrogens is 714 g/mol. The highest BCUT2D eigenvalue weighted by Gasteiger charge is 2.33. The van der Waals surface area contributed by atoms with E-state index >= 15 is 0 Å². The minimum Gasteiger partial charge on any atom is -0.370 e. The zero-order chi connectivity index (χ0) is 41.8. The molecule has 0 fully saturated rings. The van der Waals surface area contributed by atoms with E-state index in [-0.39, 0.29) is 67.6 Å². The smallest absolute Gasteiger partial charge is 0.290 e. The van der Waals surface area contributed by atoms with Gasteiger partial charge in [-0.3, -0.25) is 38.6 Å². The van der Waals surface area contributed by atoms with Crippen LogP contribution in [0.3, 0.4) is 0 Å². The Labute approximate surface area is 323 Å². The number of rotatable bonds is 25. The Kier molecular flexibility index (Phi) is 21.1. The molecule has 12 N–H and O–H groups in total. The van der Waals surface area contributed by atoms with Crippen molar-refractivity contribution in [3.8, 4) is 0 Å². The highest BCUT2D eigenvalue weighted by atomic mass is 16.5. The number of hydrogen-bond donors (Lipinski definition) is 9. The second-order valence-corrected chi connectivity index (χ2v) is 14.7. The van der Waals surface area contributed by atoms with Gasteiger partial charge in [0.15, 0.2) is 5.96 Å². The molecule has 0 spiro atoms. The van der Waals surface area contributed by atoms with Crippen LogP contribution in [0.2, 0.25) is 0 Å². The summed E-state index contributed by atoms with van der Waals surface area (Å²) in [5, 5.41) is 19.4. The van der Waals surface area contributed by atoms with Gasteiger partial charge in [0.2, 0.25) is 41.2 Å². The number of nitrogens with two attached hydrogens (primary N) is 3. The molecule has 19 nitrogen and oxygen atoms in total. The molecule has 0 saturated heterocycles. The van der Waals surface area contributed by atoms with Crippen LogP contribution in [0.25, 0.3) is 0 Å². The number of nitrogens with zero attached hydrogens (tertiary/aromatic N) is 2. The number of carbonyl (C=O) groups excluding carboxylic acids is 7. The Morgan fingerprint density at radius 3 is 1.73 bits per heavy atom. The third-order valence-corrected chi connectivity index (χ3v) is 8.96. The zero-order valence-electron chi connectivity index (χ0n) is 33.4. The SMILES string of the molecule is CC[C@H](C)[C@H](NC(=O)[C@H](CC(C)C)NC(=O)[C@H](CCCN=C(N)N)NC(=O)CNC(=O)[C@@H](NC(=O)[C@H](CC(C)C)NC(=O)c1ccno1)[C@@H](C)CC)C(N)=O. The van der Waals surface area contributed by atoms with Crippen LogP contribution >= 0.6 is 0 Å². The predicted molar refractivity (Wildman–Crippen MR) is 205 cm³/mol. The summed E-state index contributed by atoms with van der Waals surface area (Å²) in [6.07, 6.45) is 3.18. The van der Waals surface area contributed by atoms with Crippen molar-refractivity contribution in [1.82, 2.24) is 37.1 Å². The van der Waals surface area contributed by atoms with Gasteiger partial charge in [-0.2, -0.15) is 0 Å². The quantitative estimate of drug-likeness (QED) is 0.0348. The molecule has 0 aromatic carbocycles. The molecule has 55 heavy (non-hydrogen) atoms. The Morgan fingerprint density at radius 2 is 1.24 bits per heavy atom. The average Bonchev–Trinajstić information content (AvgIpc) is 3.66. The fourth-order valence-corrected chi connectivity index (χ4v) is 5.47.